The Balaban J connectivity index is 2.42. The van der Waals surface area contributed by atoms with Crippen LogP contribution in [0.3, 0.4) is 0 Å². The predicted molar refractivity (Wildman–Crippen MR) is 90.9 cm³/mol. The second kappa shape index (κ2) is 12.1. The number of carboxylic acid groups (broad SMARTS) is 1. The molecule has 0 aromatic carbocycles. The molecule has 132 valence electrons. The van der Waals surface area contributed by atoms with Crippen LogP contribution in [0, 0.1) is 0 Å². The zero-order valence-electron chi connectivity index (χ0n) is 15.1. The highest BCUT2D eigenvalue weighted by molar-refractivity contribution is 5.64. The molecular formula is C19H34N2O2. The average molecular weight is 322 g/mol. The van der Waals surface area contributed by atoms with Gasteiger partial charge in [-0.05, 0) is 25.7 Å². The molecule has 0 aliphatic heterocycles. The number of carbonyl (C=O) groups is 1. The van der Waals surface area contributed by atoms with Crippen molar-refractivity contribution in [3.05, 3.63) is 18.2 Å². The number of unbranched alkanes of at least 4 members (excludes halogenated alkanes) is 6. The normalized spacial score (nSPS) is 11.0. The number of hydrogen-bond acceptors (Lipinski definition) is 2. The Morgan fingerprint density at radius 1 is 1.04 bits per heavy atom. The van der Waals surface area contributed by atoms with Gasteiger partial charge < -0.3 is 9.90 Å². The van der Waals surface area contributed by atoms with Crippen LogP contribution in [-0.4, -0.2) is 10.5 Å². The van der Waals surface area contributed by atoms with Crippen molar-refractivity contribution in [1.29, 1.82) is 0 Å². The Morgan fingerprint density at radius 3 is 2.39 bits per heavy atom. The van der Waals surface area contributed by atoms with E-state index in [2.05, 4.69) is 35.4 Å². The van der Waals surface area contributed by atoms with Crippen LogP contribution in [0.5, 0.6) is 0 Å². The summed E-state index contributed by atoms with van der Waals surface area (Å²) in [6, 6.07) is 0. The van der Waals surface area contributed by atoms with Gasteiger partial charge in [-0.15, -0.1) is 0 Å². The van der Waals surface area contributed by atoms with E-state index >= 15 is 0 Å². The molecule has 0 fully saturated rings. The molecule has 0 atom stereocenters. The van der Waals surface area contributed by atoms with E-state index in [1.807, 2.05) is 0 Å². The van der Waals surface area contributed by atoms with Gasteiger partial charge in [-0.2, -0.15) is 0 Å². The van der Waals surface area contributed by atoms with Crippen molar-refractivity contribution < 1.29 is 14.5 Å². The van der Waals surface area contributed by atoms with Crippen molar-refractivity contribution in [3.8, 4) is 0 Å². The number of hydrogen-bond donors (Lipinski definition) is 0. The first-order valence-corrected chi connectivity index (χ1v) is 9.46. The quantitative estimate of drug-likeness (QED) is 0.390. The zero-order valence-corrected chi connectivity index (χ0v) is 15.1. The van der Waals surface area contributed by atoms with Crippen LogP contribution < -0.4 is 9.67 Å². The second-order valence-corrected chi connectivity index (χ2v) is 6.45. The number of nitrogens with zero attached hydrogens (tertiary/aromatic N) is 2. The maximum Gasteiger partial charge on any atom is 0.256 e. The van der Waals surface area contributed by atoms with Gasteiger partial charge in [-0.25, -0.2) is 9.13 Å². The lowest BCUT2D eigenvalue weighted by atomic mass is 10.1. The van der Waals surface area contributed by atoms with Crippen molar-refractivity contribution in [1.82, 2.24) is 4.57 Å². The van der Waals surface area contributed by atoms with Gasteiger partial charge in [0.25, 0.3) is 5.82 Å². The first-order valence-electron chi connectivity index (χ1n) is 9.46. The number of carboxylic acids is 1. The molecule has 1 aromatic heterocycles. The molecule has 0 amide bonds. The highest BCUT2D eigenvalue weighted by Gasteiger charge is 2.15. The molecule has 4 nitrogen and oxygen atoms in total. The highest BCUT2D eigenvalue weighted by Crippen LogP contribution is 2.10. The van der Waals surface area contributed by atoms with Crippen LogP contribution in [0.15, 0.2) is 12.4 Å². The third kappa shape index (κ3) is 8.19. The molecule has 0 aliphatic carbocycles. The molecule has 0 saturated carbocycles. The molecule has 4 heteroatoms. The summed E-state index contributed by atoms with van der Waals surface area (Å²) in [6.07, 6.45) is 16.5. The van der Waals surface area contributed by atoms with Crippen LogP contribution in [-0.2, 0) is 24.3 Å². The summed E-state index contributed by atoms with van der Waals surface area (Å²) in [5.74, 6) is 0.394. The minimum atomic E-state index is -0.952. The third-order valence-corrected chi connectivity index (χ3v) is 4.34. The minimum Gasteiger partial charge on any atom is -0.550 e. The number of rotatable bonds is 14. The summed E-state index contributed by atoms with van der Waals surface area (Å²) in [5, 5.41) is 10.6. The molecule has 0 spiro atoms. The molecule has 1 aromatic rings. The fourth-order valence-electron chi connectivity index (χ4n) is 3.07. The van der Waals surface area contributed by atoms with E-state index in [9.17, 15) is 9.90 Å². The van der Waals surface area contributed by atoms with Crippen molar-refractivity contribution in [3.63, 3.8) is 0 Å². The first-order chi connectivity index (χ1) is 11.2. The summed E-state index contributed by atoms with van der Waals surface area (Å²) >= 11 is 0. The maximum absolute atomic E-state index is 10.6. The largest absolute Gasteiger partial charge is 0.550 e. The molecule has 23 heavy (non-hydrogen) atoms. The van der Waals surface area contributed by atoms with Crippen molar-refractivity contribution in [2.75, 3.05) is 0 Å². The van der Waals surface area contributed by atoms with E-state index in [4.69, 9.17) is 0 Å². The van der Waals surface area contributed by atoms with E-state index in [0.717, 1.165) is 25.9 Å². The highest BCUT2D eigenvalue weighted by atomic mass is 16.4. The fourth-order valence-corrected chi connectivity index (χ4v) is 3.07. The molecule has 0 radical (unpaired) electrons. The van der Waals surface area contributed by atoms with Gasteiger partial charge in [0.1, 0.15) is 12.4 Å². The average Bonchev–Trinajstić information content (AvgIpc) is 2.89. The van der Waals surface area contributed by atoms with Crippen LogP contribution in [0.2, 0.25) is 0 Å². The summed E-state index contributed by atoms with van der Waals surface area (Å²) in [7, 11) is 0. The molecule has 0 aliphatic rings. The smallest absolute Gasteiger partial charge is 0.256 e. The van der Waals surface area contributed by atoms with Gasteiger partial charge in [-0.3, -0.25) is 0 Å². The number of imidazole rings is 1. The lowest BCUT2D eigenvalue weighted by molar-refractivity contribution is -0.703. The van der Waals surface area contributed by atoms with Gasteiger partial charge in [0.05, 0.1) is 13.1 Å². The Kier molecular flexibility index (Phi) is 10.4. The summed E-state index contributed by atoms with van der Waals surface area (Å²) in [5.41, 5.74) is 0. The third-order valence-electron chi connectivity index (χ3n) is 4.34. The number of aryl methyl sites for hydroxylation is 2. The van der Waals surface area contributed by atoms with Crippen LogP contribution in [0.25, 0.3) is 0 Å². The van der Waals surface area contributed by atoms with E-state index in [-0.39, 0.29) is 6.42 Å². The molecule has 0 N–H and O–H groups in total. The van der Waals surface area contributed by atoms with E-state index in [1.165, 1.54) is 50.8 Å². The van der Waals surface area contributed by atoms with Gasteiger partial charge in [-0.1, -0.05) is 52.4 Å². The van der Waals surface area contributed by atoms with Crippen molar-refractivity contribution in [2.45, 2.75) is 97.6 Å². The number of aliphatic carboxylic acids is 1. The van der Waals surface area contributed by atoms with Crippen LogP contribution in [0.4, 0.5) is 0 Å². The Morgan fingerprint density at radius 2 is 1.74 bits per heavy atom. The minimum absolute atomic E-state index is 0.142. The van der Waals surface area contributed by atoms with Gasteiger partial charge in [0.2, 0.25) is 0 Å². The lowest BCUT2D eigenvalue weighted by Gasteiger charge is -2.06. The van der Waals surface area contributed by atoms with Gasteiger partial charge in [0, 0.05) is 12.4 Å². The SMILES string of the molecule is CCCCCCCCCc1n(CCCC(=O)[O-])cc[n+]1CCC. The molecule has 0 unspecified atom stereocenters. The lowest BCUT2D eigenvalue weighted by Crippen LogP contribution is -2.37. The molecular weight excluding hydrogens is 288 g/mol. The van der Waals surface area contributed by atoms with Crippen molar-refractivity contribution >= 4 is 5.97 Å². The summed E-state index contributed by atoms with van der Waals surface area (Å²) in [4.78, 5) is 10.6. The maximum atomic E-state index is 10.6. The van der Waals surface area contributed by atoms with Gasteiger partial charge >= 0.3 is 0 Å². The first kappa shape index (κ1) is 19.7. The molecule has 0 saturated heterocycles. The Hall–Kier alpha value is -1.32. The predicted octanol–water partition coefficient (Wildman–Crippen LogP) is 3.01. The van der Waals surface area contributed by atoms with Crippen LogP contribution in [0.1, 0.15) is 83.9 Å². The fraction of sp³-hybridized carbons (Fsp3) is 0.789. The zero-order chi connectivity index (χ0) is 16.9. The Bertz CT molecular complexity index is 441. The van der Waals surface area contributed by atoms with E-state index in [1.54, 1.807) is 0 Å². The molecule has 1 heterocycles. The summed E-state index contributed by atoms with van der Waals surface area (Å²) in [6.45, 7) is 6.26. The standard InChI is InChI=1S/C19H34N2O2/c1-3-5-6-7-8-9-10-12-18-20(14-4-2)16-17-21(18)15-11-13-19(22)23/h16-17H,3-15H2,1-2H3. The van der Waals surface area contributed by atoms with Crippen molar-refractivity contribution in [2.24, 2.45) is 0 Å². The van der Waals surface area contributed by atoms with E-state index < -0.39 is 5.97 Å². The Labute approximate surface area is 141 Å². The molecule has 1 rings (SSSR count). The summed E-state index contributed by atoms with van der Waals surface area (Å²) < 4.78 is 4.56. The van der Waals surface area contributed by atoms with E-state index in [0.29, 0.717) is 6.42 Å². The number of carbonyl (C=O) groups excluding carboxylic acids is 1. The van der Waals surface area contributed by atoms with Gasteiger partial charge in [0.15, 0.2) is 0 Å². The topological polar surface area (TPSA) is 48.9 Å². The number of aromatic nitrogens is 2. The second-order valence-electron chi connectivity index (χ2n) is 6.45. The molecule has 0 bridgehead atoms. The monoisotopic (exact) mass is 322 g/mol. The van der Waals surface area contributed by atoms with Crippen LogP contribution >= 0.6 is 0 Å².